The number of hydrogen-bond donors (Lipinski definition) is 2. The Morgan fingerprint density at radius 1 is 1.12 bits per heavy atom. The number of furan rings is 1. The van der Waals surface area contributed by atoms with E-state index in [0.717, 1.165) is 4.90 Å². The third kappa shape index (κ3) is 4.47. The van der Waals surface area contributed by atoms with Crippen LogP contribution in [0.4, 0.5) is 0 Å². The first-order chi connectivity index (χ1) is 12.1. The molecule has 2 N–H and O–H groups in total. The molecule has 7 nitrogen and oxygen atoms in total. The number of nitrogens with one attached hydrogen (secondary N) is 2. The summed E-state index contributed by atoms with van der Waals surface area (Å²) >= 11 is 0. The summed E-state index contributed by atoms with van der Waals surface area (Å²) in [4.78, 5) is 13.4. The summed E-state index contributed by atoms with van der Waals surface area (Å²) in [5.41, 5.74) is 0. The van der Waals surface area contributed by atoms with Gasteiger partial charge in [-0.2, -0.15) is 4.31 Å². The summed E-state index contributed by atoms with van der Waals surface area (Å²) in [6.07, 6.45) is 1.57. The standard InChI is InChI=1S/C17H21N3O4S/c21-17(18-13-15-5-4-12-24-15)14-19-8-10-20(11-9-19)25(22,23)16-6-2-1-3-7-16/h1-7,12H,8-11,13-14H2,(H,18,21)/p+1. The Morgan fingerprint density at radius 3 is 2.48 bits per heavy atom. The maximum atomic E-state index is 12.6. The van der Waals surface area contributed by atoms with Crippen LogP contribution in [0.1, 0.15) is 5.76 Å². The molecule has 0 spiro atoms. The number of carbonyl (C=O) groups excluding carboxylic acids is 1. The first-order valence-electron chi connectivity index (χ1n) is 8.23. The van der Waals surface area contributed by atoms with Gasteiger partial charge in [-0.1, -0.05) is 18.2 Å². The van der Waals surface area contributed by atoms with E-state index in [1.165, 1.54) is 4.31 Å². The summed E-state index contributed by atoms with van der Waals surface area (Å²) in [6, 6.07) is 12.0. The first kappa shape index (κ1) is 17.7. The highest BCUT2D eigenvalue weighted by Gasteiger charge is 2.30. The molecule has 1 saturated heterocycles. The lowest BCUT2D eigenvalue weighted by atomic mass is 10.3. The van der Waals surface area contributed by atoms with Crippen LogP contribution in [0.3, 0.4) is 0 Å². The quantitative estimate of drug-likeness (QED) is 0.723. The van der Waals surface area contributed by atoms with Crippen molar-refractivity contribution < 1.29 is 22.5 Å². The van der Waals surface area contributed by atoms with Crippen LogP contribution in [0, 0.1) is 0 Å². The van der Waals surface area contributed by atoms with Crippen molar-refractivity contribution in [2.75, 3.05) is 32.7 Å². The maximum absolute atomic E-state index is 12.6. The van der Waals surface area contributed by atoms with Gasteiger partial charge in [-0.25, -0.2) is 8.42 Å². The molecule has 1 amide bonds. The van der Waals surface area contributed by atoms with E-state index in [1.54, 1.807) is 48.7 Å². The predicted octanol–water partition coefficient (Wildman–Crippen LogP) is -0.515. The van der Waals surface area contributed by atoms with E-state index in [0.29, 0.717) is 49.9 Å². The van der Waals surface area contributed by atoms with Crippen molar-refractivity contribution in [1.29, 1.82) is 0 Å². The van der Waals surface area contributed by atoms with Crippen LogP contribution in [-0.4, -0.2) is 51.4 Å². The predicted molar refractivity (Wildman–Crippen MR) is 91.3 cm³/mol. The molecule has 1 aromatic heterocycles. The lowest BCUT2D eigenvalue weighted by molar-refractivity contribution is -0.895. The fourth-order valence-electron chi connectivity index (χ4n) is 2.85. The van der Waals surface area contributed by atoms with Crippen LogP contribution in [0.5, 0.6) is 0 Å². The van der Waals surface area contributed by atoms with Crippen molar-refractivity contribution in [2.45, 2.75) is 11.4 Å². The van der Waals surface area contributed by atoms with E-state index >= 15 is 0 Å². The van der Waals surface area contributed by atoms with Gasteiger partial charge >= 0.3 is 0 Å². The molecule has 1 aliphatic heterocycles. The first-order valence-corrected chi connectivity index (χ1v) is 9.67. The van der Waals surface area contributed by atoms with Crippen molar-refractivity contribution in [3.63, 3.8) is 0 Å². The summed E-state index contributed by atoms with van der Waals surface area (Å²) in [5, 5.41) is 2.81. The van der Waals surface area contributed by atoms with Crippen molar-refractivity contribution in [2.24, 2.45) is 0 Å². The van der Waals surface area contributed by atoms with E-state index in [2.05, 4.69) is 5.32 Å². The second-order valence-corrected chi connectivity index (χ2v) is 7.94. The summed E-state index contributed by atoms with van der Waals surface area (Å²) < 4.78 is 31.8. The zero-order valence-electron chi connectivity index (χ0n) is 13.8. The number of rotatable bonds is 6. The Hall–Kier alpha value is -2.16. The maximum Gasteiger partial charge on any atom is 0.275 e. The molecule has 0 aliphatic carbocycles. The van der Waals surface area contributed by atoms with Crippen LogP contribution >= 0.6 is 0 Å². The molecule has 3 rings (SSSR count). The Bertz CT molecular complexity index is 783. The molecule has 25 heavy (non-hydrogen) atoms. The lowest BCUT2D eigenvalue weighted by Crippen LogP contribution is -3.15. The SMILES string of the molecule is O=C(C[NH+]1CCN(S(=O)(=O)c2ccccc2)CC1)NCc1ccco1. The van der Waals surface area contributed by atoms with Crippen LogP contribution < -0.4 is 10.2 Å². The molecule has 1 aromatic carbocycles. The fourth-order valence-corrected chi connectivity index (χ4v) is 4.31. The average molecular weight is 364 g/mol. The van der Waals surface area contributed by atoms with E-state index in [9.17, 15) is 13.2 Å². The third-order valence-corrected chi connectivity index (χ3v) is 6.17. The number of benzene rings is 1. The number of quaternary nitrogens is 1. The van der Waals surface area contributed by atoms with Crippen LogP contribution in [0.15, 0.2) is 58.0 Å². The van der Waals surface area contributed by atoms with Crippen molar-refractivity contribution >= 4 is 15.9 Å². The molecule has 0 unspecified atom stereocenters. The molecule has 0 saturated carbocycles. The van der Waals surface area contributed by atoms with E-state index < -0.39 is 10.0 Å². The monoisotopic (exact) mass is 364 g/mol. The minimum atomic E-state index is -3.45. The highest BCUT2D eigenvalue weighted by Crippen LogP contribution is 2.14. The minimum absolute atomic E-state index is 0.0641. The topological polar surface area (TPSA) is 84.1 Å². The molecule has 0 bridgehead atoms. The zero-order chi connectivity index (χ0) is 17.7. The van der Waals surface area contributed by atoms with Gasteiger partial charge in [0.25, 0.3) is 5.91 Å². The van der Waals surface area contributed by atoms with Crippen LogP contribution in [0.2, 0.25) is 0 Å². The van der Waals surface area contributed by atoms with Gasteiger partial charge in [-0.15, -0.1) is 0 Å². The normalized spacial score (nSPS) is 16.6. The Morgan fingerprint density at radius 2 is 1.84 bits per heavy atom. The van der Waals surface area contributed by atoms with Crippen molar-refractivity contribution in [1.82, 2.24) is 9.62 Å². The summed E-state index contributed by atoms with van der Waals surface area (Å²) in [7, 11) is -3.45. The number of sulfonamides is 1. The lowest BCUT2D eigenvalue weighted by Gasteiger charge is -2.31. The van der Waals surface area contributed by atoms with Crippen LogP contribution in [0.25, 0.3) is 0 Å². The van der Waals surface area contributed by atoms with Gasteiger partial charge in [0.05, 0.1) is 43.9 Å². The van der Waals surface area contributed by atoms with E-state index in [4.69, 9.17) is 4.42 Å². The number of carbonyl (C=O) groups is 1. The summed E-state index contributed by atoms with van der Waals surface area (Å²) in [5.74, 6) is 0.646. The number of hydrogen-bond acceptors (Lipinski definition) is 4. The largest absolute Gasteiger partial charge is 0.467 e. The van der Waals surface area contributed by atoms with Crippen molar-refractivity contribution in [3.05, 3.63) is 54.5 Å². The Labute approximate surface area is 147 Å². The van der Waals surface area contributed by atoms with Crippen molar-refractivity contribution in [3.8, 4) is 0 Å². The fraction of sp³-hybridized carbons (Fsp3) is 0.353. The molecular weight excluding hydrogens is 342 g/mol. The van der Waals surface area contributed by atoms with Gasteiger partial charge in [-0.05, 0) is 24.3 Å². The highest BCUT2D eigenvalue weighted by molar-refractivity contribution is 7.89. The average Bonchev–Trinajstić information content (AvgIpc) is 3.15. The zero-order valence-corrected chi connectivity index (χ0v) is 14.7. The minimum Gasteiger partial charge on any atom is -0.467 e. The Balaban J connectivity index is 1.48. The molecule has 8 heteroatoms. The smallest absolute Gasteiger partial charge is 0.275 e. The Kier molecular flexibility index (Phi) is 5.52. The van der Waals surface area contributed by atoms with E-state index in [-0.39, 0.29) is 5.91 Å². The molecule has 1 aliphatic rings. The van der Waals surface area contributed by atoms with Gasteiger partial charge in [-0.3, -0.25) is 4.79 Å². The molecule has 0 atom stereocenters. The third-order valence-electron chi connectivity index (χ3n) is 4.26. The van der Waals surface area contributed by atoms with Gasteiger partial charge in [0.2, 0.25) is 10.0 Å². The second-order valence-electron chi connectivity index (χ2n) is 6.00. The van der Waals surface area contributed by atoms with Gasteiger partial charge in [0.15, 0.2) is 6.54 Å². The van der Waals surface area contributed by atoms with E-state index in [1.807, 2.05) is 0 Å². The number of nitrogens with zero attached hydrogens (tertiary/aromatic N) is 1. The molecule has 134 valence electrons. The van der Waals surface area contributed by atoms with Gasteiger partial charge in [0.1, 0.15) is 5.76 Å². The highest BCUT2D eigenvalue weighted by atomic mass is 32.2. The summed E-state index contributed by atoms with van der Waals surface area (Å²) in [6.45, 7) is 2.75. The molecule has 0 radical (unpaired) electrons. The van der Waals surface area contributed by atoms with Gasteiger partial charge < -0.3 is 14.6 Å². The molecule has 1 fully saturated rings. The van der Waals surface area contributed by atoms with Gasteiger partial charge in [0, 0.05) is 0 Å². The second kappa shape index (κ2) is 7.81. The molecule has 2 heterocycles. The number of piperazine rings is 1. The van der Waals surface area contributed by atoms with Crippen LogP contribution in [-0.2, 0) is 21.4 Å². The molecule has 2 aromatic rings. The molecular formula is C17H22N3O4S+. The number of amides is 1.